The lowest BCUT2D eigenvalue weighted by Gasteiger charge is -2.22. The molecule has 5 heteroatoms. The van der Waals surface area contributed by atoms with Gasteiger partial charge < -0.3 is 10.3 Å². The molecule has 1 radical (unpaired) electrons. The Hall–Kier alpha value is -1.65. The van der Waals surface area contributed by atoms with Crippen molar-refractivity contribution in [2.75, 3.05) is 5.32 Å². The lowest BCUT2D eigenvalue weighted by atomic mass is 9.96. The number of nitrogens with one attached hydrogen (secondary N) is 2. The molecule has 2 heterocycles. The van der Waals surface area contributed by atoms with Crippen molar-refractivity contribution in [1.82, 2.24) is 19.9 Å². The maximum absolute atomic E-state index is 4.36. The summed E-state index contributed by atoms with van der Waals surface area (Å²) in [6.07, 6.45) is 10.7. The highest BCUT2D eigenvalue weighted by molar-refractivity contribution is 5.71. The van der Waals surface area contributed by atoms with E-state index in [9.17, 15) is 0 Å². The van der Waals surface area contributed by atoms with Crippen LogP contribution in [0.4, 0.5) is 5.95 Å². The molecule has 5 nitrogen and oxygen atoms in total. The molecule has 2 aromatic heterocycles. The smallest absolute Gasteiger partial charge is 0.202 e. The van der Waals surface area contributed by atoms with Crippen molar-refractivity contribution < 1.29 is 0 Å². The molecule has 0 atom stereocenters. The van der Waals surface area contributed by atoms with Crippen LogP contribution in [0, 0.1) is 6.20 Å². The number of imidazole rings is 1. The van der Waals surface area contributed by atoms with Crippen LogP contribution in [0.15, 0.2) is 6.33 Å². The van der Waals surface area contributed by atoms with E-state index >= 15 is 0 Å². The summed E-state index contributed by atoms with van der Waals surface area (Å²) in [5.41, 5.74) is 1.44. The Balaban J connectivity index is 1.78. The van der Waals surface area contributed by atoms with E-state index in [0.29, 0.717) is 11.6 Å². The average molecular weight is 216 g/mol. The van der Waals surface area contributed by atoms with Gasteiger partial charge in [0, 0.05) is 6.04 Å². The number of nitrogens with zero attached hydrogens (tertiary/aromatic N) is 3. The van der Waals surface area contributed by atoms with Crippen molar-refractivity contribution in [3.63, 3.8) is 0 Å². The molecule has 83 valence electrons. The van der Waals surface area contributed by atoms with Crippen LogP contribution in [-0.4, -0.2) is 26.0 Å². The fraction of sp³-hybridized carbons (Fsp3) is 0.545. The van der Waals surface area contributed by atoms with Gasteiger partial charge in [0.1, 0.15) is 18.0 Å². The highest BCUT2D eigenvalue weighted by atomic mass is 15.2. The summed E-state index contributed by atoms with van der Waals surface area (Å²) in [7, 11) is 0. The van der Waals surface area contributed by atoms with Crippen LogP contribution in [-0.2, 0) is 0 Å². The highest BCUT2D eigenvalue weighted by Crippen LogP contribution is 2.21. The van der Waals surface area contributed by atoms with Gasteiger partial charge in [-0.25, -0.2) is 15.0 Å². The molecule has 0 aromatic carbocycles. The van der Waals surface area contributed by atoms with Crippen molar-refractivity contribution in [3.05, 3.63) is 12.5 Å². The van der Waals surface area contributed by atoms with E-state index in [4.69, 9.17) is 0 Å². The van der Waals surface area contributed by atoms with Gasteiger partial charge in [-0.2, -0.15) is 0 Å². The van der Waals surface area contributed by atoms with E-state index in [-0.39, 0.29) is 0 Å². The van der Waals surface area contributed by atoms with Gasteiger partial charge in [-0.05, 0) is 12.8 Å². The third-order valence-corrected chi connectivity index (χ3v) is 3.05. The van der Waals surface area contributed by atoms with E-state index in [1.165, 1.54) is 38.4 Å². The monoisotopic (exact) mass is 216 g/mol. The summed E-state index contributed by atoms with van der Waals surface area (Å²) < 4.78 is 0. The number of H-pyrrole nitrogens is 1. The zero-order chi connectivity index (χ0) is 10.8. The van der Waals surface area contributed by atoms with Crippen LogP contribution in [0.3, 0.4) is 0 Å². The van der Waals surface area contributed by atoms with Crippen LogP contribution in [0.2, 0.25) is 0 Å². The van der Waals surface area contributed by atoms with Crippen LogP contribution in [0.1, 0.15) is 32.1 Å². The fourth-order valence-corrected chi connectivity index (χ4v) is 2.22. The van der Waals surface area contributed by atoms with Crippen molar-refractivity contribution in [2.45, 2.75) is 38.1 Å². The van der Waals surface area contributed by atoms with Gasteiger partial charge in [0.2, 0.25) is 5.95 Å². The lowest BCUT2D eigenvalue weighted by Crippen LogP contribution is -2.22. The van der Waals surface area contributed by atoms with E-state index in [0.717, 1.165) is 11.6 Å². The molecule has 1 aliphatic carbocycles. The van der Waals surface area contributed by atoms with Gasteiger partial charge in [-0.1, -0.05) is 19.3 Å². The van der Waals surface area contributed by atoms with Crippen LogP contribution >= 0.6 is 0 Å². The van der Waals surface area contributed by atoms with E-state index in [2.05, 4.69) is 31.4 Å². The second kappa shape index (κ2) is 4.08. The zero-order valence-corrected chi connectivity index (χ0v) is 9.03. The molecule has 0 saturated heterocycles. The van der Waals surface area contributed by atoms with Crippen LogP contribution < -0.4 is 5.32 Å². The number of hydrogen-bond acceptors (Lipinski definition) is 4. The van der Waals surface area contributed by atoms with Gasteiger partial charge in [0.25, 0.3) is 0 Å². The number of hydrogen-bond donors (Lipinski definition) is 2. The number of aromatic nitrogens is 4. The maximum Gasteiger partial charge on any atom is 0.202 e. The summed E-state index contributed by atoms with van der Waals surface area (Å²) in [4.78, 5) is 15.4. The average Bonchev–Trinajstić information content (AvgIpc) is 2.72. The molecule has 0 amide bonds. The SMILES string of the molecule is [c]1ncnc2[nH]c(NC3CCCCC3)nc12. The molecular weight excluding hydrogens is 202 g/mol. The third-order valence-electron chi connectivity index (χ3n) is 3.05. The third kappa shape index (κ3) is 1.85. The maximum atomic E-state index is 4.36. The molecular formula is C11H14N5. The quantitative estimate of drug-likeness (QED) is 0.804. The van der Waals surface area contributed by atoms with Crippen molar-refractivity contribution >= 4 is 17.1 Å². The molecule has 1 saturated carbocycles. The first-order chi connectivity index (χ1) is 7.92. The van der Waals surface area contributed by atoms with Gasteiger partial charge in [-0.15, -0.1) is 0 Å². The van der Waals surface area contributed by atoms with Crippen molar-refractivity contribution in [2.24, 2.45) is 0 Å². The largest absolute Gasteiger partial charge is 0.353 e. The molecule has 2 N–H and O–H groups in total. The molecule has 0 unspecified atom stereocenters. The Bertz CT molecular complexity index is 439. The molecule has 0 bridgehead atoms. The Kier molecular flexibility index (Phi) is 2.44. The standard InChI is InChI=1S/C11H14N5/c1-2-4-8(5-3-1)14-11-15-9-6-12-7-13-10(9)16-11/h7-8H,1-5H2,(H2,12,13,14,15,16). The van der Waals surface area contributed by atoms with E-state index in [1.54, 1.807) is 0 Å². The van der Waals surface area contributed by atoms with Gasteiger partial charge in [0.15, 0.2) is 5.65 Å². The van der Waals surface area contributed by atoms with Crippen molar-refractivity contribution in [1.29, 1.82) is 0 Å². The molecule has 0 aliphatic heterocycles. The Morgan fingerprint density at radius 1 is 1.31 bits per heavy atom. The Morgan fingerprint density at radius 3 is 3.00 bits per heavy atom. The van der Waals surface area contributed by atoms with Crippen molar-refractivity contribution in [3.8, 4) is 0 Å². The van der Waals surface area contributed by atoms with Crippen LogP contribution in [0.5, 0.6) is 0 Å². The summed E-state index contributed by atoms with van der Waals surface area (Å²) in [5.74, 6) is 0.790. The normalized spacial score (nSPS) is 17.8. The number of aromatic amines is 1. The Labute approximate surface area is 93.7 Å². The fourth-order valence-electron chi connectivity index (χ4n) is 2.22. The van der Waals surface area contributed by atoms with E-state index < -0.39 is 0 Å². The molecule has 1 aliphatic rings. The lowest BCUT2D eigenvalue weighted by molar-refractivity contribution is 0.461. The minimum absolute atomic E-state index is 0.544. The molecule has 0 spiro atoms. The van der Waals surface area contributed by atoms with Gasteiger partial charge in [-0.3, -0.25) is 0 Å². The topological polar surface area (TPSA) is 66.5 Å². The molecule has 1 fully saturated rings. The summed E-state index contributed by atoms with van der Waals surface area (Å²) >= 11 is 0. The molecule has 2 aromatic rings. The number of fused-ring (bicyclic) bond motifs is 1. The van der Waals surface area contributed by atoms with Gasteiger partial charge >= 0.3 is 0 Å². The second-order valence-corrected chi connectivity index (χ2v) is 4.25. The first kappa shape index (κ1) is 9.57. The van der Waals surface area contributed by atoms with E-state index in [1.807, 2.05) is 0 Å². The summed E-state index contributed by atoms with van der Waals surface area (Å²) in [6, 6.07) is 0.544. The van der Waals surface area contributed by atoms with Gasteiger partial charge in [0.05, 0.1) is 0 Å². The summed E-state index contributed by atoms with van der Waals surface area (Å²) in [6.45, 7) is 0. The zero-order valence-electron chi connectivity index (χ0n) is 9.03. The predicted molar refractivity (Wildman–Crippen MR) is 61.0 cm³/mol. The first-order valence-electron chi connectivity index (χ1n) is 5.77. The first-order valence-corrected chi connectivity index (χ1v) is 5.77. The minimum Gasteiger partial charge on any atom is -0.353 e. The summed E-state index contributed by atoms with van der Waals surface area (Å²) in [5, 5.41) is 3.42. The second-order valence-electron chi connectivity index (χ2n) is 4.25. The highest BCUT2D eigenvalue weighted by Gasteiger charge is 2.14. The molecule has 16 heavy (non-hydrogen) atoms. The number of anilines is 1. The molecule has 3 rings (SSSR count). The predicted octanol–water partition coefficient (Wildman–Crippen LogP) is 1.90. The Morgan fingerprint density at radius 2 is 2.19 bits per heavy atom. The number of rotatable bonds is 2. The van der Waals surface area contributed by atoms with Crippen LogP contribution in [0.25, 0.3) is 11.2 Å². The minimum atomic E-state index is 0.544.